The molecule has 0 saturated carbocycles. The molecule has 0 aliphatic carbocycles. The molecular formula is C14H17ClN2O3S. The molecule has 5 nitrogen and oxygen atoms in total. The molecule has 7 heteroatoms. The van der Waals surface area contributed by atoms with E-state index in [-0.39, 0.29) is 0 Å². The molecule has 1 amide bonds. The largest absolute Gasteiger partial charge is 0.490 e. The number of nitrogens with one attached hydrogen (secondary N) is 1. The van der Waals surface area contributed by atoms with Gasteiger partial charge in [-0.15, -0.1) is 0 Å². The van der Waals surface area contributed by atoms with Crippen molar-refractivity contribution in [3.8, 4) is 5.75 Å². The van der Waals surface area contributed by atoms with Gasteiger partial charge in [0.25, 0.3) is 0 Å². The fourth-order valence-electron chi connectivity index (χ4n) is 1.64. The van der Waals surface area contributed by atoms with Gasteiger partial charge in [-0.2, -0.15) is 0 Å². The highest BCUT2D eigenvalue weighted by atomic mass is 35.5. The van der Waals surface area contributed by atoms with Crippen LogP contribution in [0.25, 0.3) is 10.2 Å². The van der Waals surface area contributed by atoms with Crippen LogP contribution in [0.1, 0.15) is 20.8 Å². The van der Waals surface area contributed by atoms with Gasteiger partial charge in [0.15, 0.2) is 4.47 Å². The summed E-state index contributed by atoms with van der Waals surface area (Å²) in [5.74, 6) is 0.711. The summed E-state index contributed by atoms with van der Waals surface area (Å²) < 4.78 is 12.2. The third-order valence-electron chi connectivity index (χ3n) is 2.38. The lowest BCUT2D eigenvalue weighted by molar-refractivity contribution is 0.0520. The van der Waals surface area contributed by atoms with E-state index in [0.29, 0.717) is 23.4 Å². The first kappa shape index (κ1) is 15.9. The molecule has 0 aliphatic heterocycles. The number of carbonyl (C=O) groups is 1. The lowest BCUT2D eigenvalue weighted by Gasteiger charge is -2.19. The van der Waals surface area contributed by atoms with Crippen LogP contribution < -0.4 is 10.1 Å². The molecule has 1 heterocycles. The number of hydrogen-bond acceptors (Lipinski definition) is 5. The second-order valence-corrected chi connectivity index (χ2v) is 6.93. The SMILES string of the molecule is CC(C)(C)OC(=O)NCCOc1cccc2nc(Cl)sc12. The van der Waals surface area contributed by atoms with E-state index in [2.05, 4.69) is 10.3 Å². The van der Waals surface area contributed by atoms with Crippen molar-refractivity contribution >= 4 is 39.2 Å². The second-order valence-electron chi connectivity index (χ2n) is 5.35. The number of aromatic nitrogens is 1. The number of nitrogens with zero attached hydrogens (tertiary/aromatic N) is 1. The third-order valence-corrected chi connectivity index (χ3v) is 3.57. The van der Waals surface area contributed by atoms with Gasteiger partial charge in [0.05, 0.1) is 16.8 Å². The predicted octanol–water partition coefficient (Wildman–Crippen LogP) is 3.85. The Morgan fingerprint density at radius 3 is 2.90 bits per heavy atom. The van der Waals surface area contributed by atoms with E-state index in [4.69, 9.17) is 21.1 Å². The Hall–Kier alpha value is -1.53. The number of halogens is 1. The van der Waals surface area contributed by atoms with Crippen LogP contribution in [0.2, 0.25) is 4.47 Å². The first-order chi connectivity index (χ1) is 9.85. The molecule has 0 atom stereocenters. The van der Waals surface area contributed by atoms with E-state index in [1.807, 2.05) is 39.0 Å². The first-order valence-corrected chi connectivity index (χ1v) is 7.69. The predicted molar refractivity (Wildman–Crippen MR) is 84.4 cm³/mol. The van der Waals surface area contributed by atoms with Crippen molar-refractivity contribution < 1.29 is 14.3 Å². The van der Waals surface area contributed by atoms with Crippen LogP contribution in [0.15, 0.2) is 18.2 Å². The van der Waals surface area contributed by atoms with Crippen molar-refractivity contribution in [2.45, 2.75) is 26.4 Å². The van der Waals surface area contributed by atoms with Crippen molar-refractivity contribution in [3.63, 3.8) is 0 Å². The summed E-state index contributed by atoms with van der Waals surface area (Å²) in [7, 11) is 0. The van der Waals surface area contributed by atoms with E-state index < -0.39 is 11.7 Å². The fourth-order valence-corrected chi connectivity index (χ4v) is 2.72. The number of ether oxygens (including phenoxy) is 2. The summed E-state index contributed by atoms with van der Waals surface area (Å²) in [6, 6.07) is 5.59. The minimum Gasteiger partial charge on any atom is -0.490 e. The summed E-state index contributed by atoms with van der Waals surface area (Å²) in [6.07, 6.45) is -0.454. The van der Waals surface area contributed by atoms with Gasteiger partial charge >= 0.3 is 6.09 Å². The molecule has 1 aromatic heterocycles. The van der Waals surface area contributed by atoms with Crippen molar-refractivity contribution in [1.29, 1.82) is 0 Å². The Balaban J connectivity index is 1.84. The van der Waals surface area contributed by atoms with Crippen LogP contribution in [0.5, 0.6) is 5.75 Å². The zero-order valence-corrected chi connectivity index (χ0v) is 13.7. The van der Waals surface area contributed by atoms with Gasteiger partial charge in [0.2, 0.25) is 0 Å². The zero-order valence-electron chi connectivity index (χ0n) is 12.1. The molecule has 1 N–H and O–H groups in total. The van der Waals surface area contributed by atoms with Crippen molar-refractivity contribution in [1.82, 2.24) is 10.3 Å². The Bertz CT molecular complexity index is 637. The summed E-state index contributed by atoms with van der Waals surface area (Å²) in [6.45, 7) is 6.15. The molecule has 1 aromatic carbocycles. The molecule has 0 fully saturated rings. The second kappa shape index (κ2) is 6.49. The lowest BCUT2D eigenvalue weighted by atomic mass is 10.2. The maximum Gasteiger partial charge on any atom is 0.407 e. The Labute approximate surface area is 132 Å². The highest BCUT2D eigenvalue weighted by Crippen LogP contribution is 2.33. The molecule has 0 spiro atoms. The Kier molecular flexibility index (Phi) is 4.90. The number of alkyl carbamates (subject to hydrolysis) is 1. The molecule has 0 bridgehead atoms. The smallest absolute Gasteiger partial charge is 0.407 e. The average molecular weight is 329 g/mol. The molecule has 0 aliphatic rings. The number of benzene rings is 1. The molecule has 0 unspecified atom stereocenters. The zero-order chi connectivity index (χ0) is 15.5. The van der Waals surface area contributed by atoms with Gasteiger partial charge < -0.3 is 14.8 Å². The van der Waals surface area contributed by atoms with Gasteiger partial charge in [-0.05, 0) is 32.9 Å². The minimum absolute atomic E-state index is 0.341. The molecule has 2 rings (SSSR count). The quantitative estimate of drug-likeness (QED) is 0.866. The van der Waals surface area contributed by atoms with Crippen LogP contribution in [-0.4, -0.2) is 29.8 Å². The topological polar surface area (TPSA) is 60.5 Å². The van der Waals surface area contributed by atoms with E-state index >= 15 is 0 Å². The van der Waals surface area contributed by atoms with Gasteiger partial charge in [-0.1, -0.05) is 29.0 Å². The van der Waals surface area contributed by atoms with Crippen LogP contribution >= 0.6 is 22.9 Å². The van der Waals surface area contributed by atoms with Crippen molar-refractivity contribution in [3.05, 3.63) is 22.7 Å². The molecule has 114 valence electrons. The van der Waals surface area contributed by atoms with Crippen molar-refractivity contribution in [2.24, 2.45) is 0 Å². The number of hydrogen-bond donors (Lipinski definition) is 1. The number of thiazole rings is 1. The summed E-state index contributed by atoms with van der Waals surface area (Å²) in [5.41, 5.74) is 0.304. The molecule has 0 radical (unpaired) electrons. The highest BCUT2D eigenvalue weighted by Gasteiger charge is 2.15. The maximum absolute atomic E-state index is 11.5. The standard InChI is InChI=1S/C14H17ClN2O3S/c1-14(2,3)20-13(18)16-7-8-19-10-6-4-5-9-11(10)21-12(15)17-9/h4-6H,7-8H2,1-3H3,(H,16,18). The summed E-state index contributed by atoms with van der Waals surface area (Å²) in [5, 5.41) is 2.64. The Morgan fingerprint density at radius 2 is 2.19 bits per heavy atom. The van der Waals surface area contributed by atoms with E-state index in [0.717, 1.165) is 10.2 Å². The average Bonchev–Trinajstić information content (AvgIpc) is 2.73. The normalized spacial score (nSPS) is 11.4. The molecular weight excluding hydrogens is 312 g/mol. The van der Waals surface area contributed by atoms with E-state index in [9.17, 15) is 4.79 Å². The maximum atomic E-state index is 11.5. The summed E-state index contributed by atoms with van der Waals surface area (Å²) in [4.78, 5) is 15.7. The van der Waals surface area contributed by atoms with Crippen LogP contribution in [-0.2, 0) is 4.74 Å². The van der Waals surface area contributed by atoms with E-state index in [1.54, 1.807) is 0 Å². The van der Waals surface area contributed by atoms with Gasteiger partial charge in [0, 0.05) is 0 Å². The van der Waals surface area contributed by atoms with Crippen LogP contribution in [0, 0.1) is 0 Å². The third kappa shape index (κ3) is 4.75. The Morgan fingerprint density at radius 1 is 1.43 bits per heavy atom. The minimum atomic E-state index is -0.504. The van der Waals surface area contributed by atoms with Gasteiger partial charge in [0.1, 0.15) is 18.0 Å². The van der Waals surface area contributed by atoms with Crippen molar-refractivity contribution in [2.75, 3.05) is 13.2 Å². The van der Waals surface area contributed by atoms with Gasteiger partial charge in [-0.3, -0.25) is 0 Å². The monoisotopic (exact) mass is 328 g/mol. The molecule has 21 heavy (non-hydrogen) atoms. The first-order valence-electron chi connectivity index (χ1n) is 6.50. The van der Waals surface area contributed by atoms with Crippen LogP contribution in [0.4, 0.5) is 4.79 Å². The molecule has 0 saturated heterocycles. The summed E-state index contributed by atoms with van der Waals surface area (Å²) >= 11 is 7.27. The fraction of sp³-hybridized carbons (Fsp3) is 0.429. The number of rotatable bonds is 4. The number of carbonyl (C=O) groups excluding carboxylic acids is 1. The number of fused-ring (bicyclic) bond motifs is 1. The lowest BCUT2D eigenvalue weighted by Crippen LogP contribution is -2.34. The highest BCUT2D eigenvalue weighted by molar-refractivity contribution is 7.22. The van der Waals surface area contributed by atoms with E-state index in [1.165, 1.54) is 11.3 Å². The molecule has 2 aromatic rings. The van der Waals surface area contributed by atoms with Crippen LogP contribution in [0.3, 0.4) is 0 Å². The number of amides is 1. The van der Waals surface area contributed by atoms with Gasteiger partial charge in [-0.25, -0.2) is 9.78 Å².